The van der Waals surface area contributed by atoms with Crippen molar-refractivity contribution in [3.05, 3.63) is 12.7 Å². The SMILES string of the molecule is C=CCN(C1CC1)C1CNC1. The molecule has 0 radical (unpaired) electrons. The summed E-state index contributed by atoms with van der Waals surface area (Å²) >= 11 is 0. The molecule has 0 aromatic carbocycles. The molecule has 1 aliphatic heterocycles. The van der Waals surface area contributed by atoms with Crippen LogP contribution in [0.2, 0.25) is 0 Å². The van der Waals surface area contributed by atoms with Crippen molar-refractivity contribution >= 4 is 0 Å². The fourth-order valence-electron chi connectivity index (χ4n) is 1.66. The first-order chi connectivity index (χ1) is 5.42. The Bertz CT molecular complexity index is 148. The summed E-state index contributed by atoms with van der Waals surface area (Å²) in [6.45, 7) is 7.24. The summed E-state index contributed by atoms with van der Waals surface area (Å²) in [5.74, 6) is 0. The van der Waals surface area contributed by atoms with Crippen LogP contribution in [-0.2, 0) is 0 Å². The Morgan fingerprint density at radius 1 is 1.36 bits per heavy atom. The van der Waals surface area contributed by atoms with Crippen molar-refractivity contribution in [2.24, 2.45) is 0 Å². The van der Waals surface area contributed by atoms with Crippen molar-refractivity contribution in [2.75, 3.05) is 19.6 Å². The summed E-state index contributed by atoms with van der Waals surface area (Å²) in [7, 11) is 0. The molecule has 2 aliphatic rings. The normalized spacial score (nSPS) is 25.2. The second-order valence-electron chi connectivity index (χ2n) is 3.53. The van der Waals surface area contributed by atoms with E-state index in [2.05, 4.69) is 16.8 Å². The Morgan fingerprint density at radius 3 is 2.45 bits per heavy atom. The van der Waals surface area contributed by atoms with E-state index in [1.54, 1.807) is 0 Å². The highest BCUT2D eigenvalue weighted by Gasteiger charge is 2.35. The lowest BCUT2D eigenvalue weighted by Crippen LogP contribution is -2.57. The van der Waals surface area contributed by atoms with Gasteiger partial charge in [0.1, 0.15) is 0 Å². The molecule has 1 saturated carbocycles. The molecule has 1 N–H and O–H groups in total. The average Bonchev–Trinajstić information content (AvgIpc) is 2.63. The van der Waals surface area contributed by atoms with Gasteiger partial charge in [0.25, 0.3) is 0 Å². The lowest BCUT2D eigenvalue weighted by Gasteiger charge is -2.37. The Morgan fingerprint density at radius 2 is 2.09 bits per heavy atom. The molecule has 0 bridgehead atoms. The van der Waals surface area contributed by atoms with Crippen LogP contribution in [0.3, 0.4) is 0 Å². The zero-order valence-electron chi connectivity index (χ0n) is 6.92. The summed E-state index contributed by atoms with van der Waals surface area (Å²) in [6.07, 6.45) is 4.84. The third-order valence-electron chi connectivity index (χ3n) is 2.58. The van der Waals surface area contributed by atoms with E-state index < -0.39 is 0 Å². The maximum absolute atomic E-state index is 3.79. The zero-order valence-corrected chi connectivity index (χ0v) is 6.92. The third kappa shape index (κ3) is 1.47. The van der Waals surface area contributed by atoms with Gasteiger partial charge < -0.3 is 5.32 Å². The van der Waals surface area contributed by atoms with E-state index in [1.165, 1.54) is 25.9 Å². The Labute approximate surface area is 68.3 Å². The largest absolute Gasteiger partial charge is 0.314 e. The molecule has 2 nitrogen and oxygen atoms in total. The molecule has 0 atom stereocenters. The fraction of sp³-hybridized carbons (Fsp3) is 0.778. The van der Waals surface area contributed by atoms with Crippen LogP contribution in [0, 0.1) is 0 Å². The maximum Gasteiger partial charge on any atom is 0.0351 e. The number of hydrogen-bond acceptors (Lipinski definition) is 2. The molecule has 1 heterocycles. The van der Waals surface area contributed by atoms with E-state index in [4.69, 9.17) is 0 Å². The first-order valence-electron chi connectivity index (χ1n) is 4.49. The summed E-state index contributed by atoms with van der Waals surface area (Å²) in [4.78, 5) is 2.59. The Kier molecular flexibility index (Phi) is 1.96. The Balaban J connectivity index is 1.85. The quantitative estimate of drug-likeness (QED) is 0.594. The van der Waals surface area contributed by atoms with Gasteiger partial charge in [0.15, 0.2) is 0 Å². The second kappa shape index (κ2) is 2.95. The van der Waals surface area contributed by atoms with E-state index in [0.717, 1.165) is 18.6 Å². The number of nitrogens with one attached hydrogen (secondary N) is 1. The van der Waals surface area contributed by atoms with Crippen LogP contribution < -0.4 is 5.32 Å². The lowest BCUT2D eigenvalue weighted by molar-refractivity contribution is 0.153. The minimum atomic E-state index is 0.806. The summed E-state index contributed by atoms with van der Waals surface area (Å²) < 4.78 is 0. The summed E-state index contributed by atoms with van der Waals surface area (Å²) in [5, 5.41) is 3.31. The van der Waals surface area contributed by atoms with Crippen molar-refractivity contribution in [1.82, 2.24) is 10.2 Å². The van der Waals surface area contributed by atoms with Gasteiger partial charge in [-0.1, -0.05) is 6.08 Å². The maximum atomic E-state index is 3.79. The third-order valence-corrected chi connectivity index (χ3v) is 2.58. The number of nitrogens with zero attached hydrogens (tertiary/aromatic N) is 1. The van der Waals surface area contributed by atoms with Gasteiger partial charge in [-0.2, -0.15) is 0 Å². The molecule has 2 heteroatoms. The van der Waals surface area contributed by atoms with Gasteiger partial charge in [0, 0.05) is 31.7 Å². The average molecular weight is 152 g/mol. The van der Waals surface area contributed by atoms with E-state index in [-0.39, 0.29) is 0 Å². The van der Waals surface area contributed by atoms with Gasteiger partial charge in [-0.3, -0.25) is 4.90 Å². The van der Waals surface area contributed by atoms with Crippen molar-refractivity contribution in [3.8, 4) is 0 Å². The van der Waals surface area contributed by atoms with E-state index in [9.17, 15) is 0 Å². The number of hydrogen-bond donors (Lipinski definition) is 1. The highest BCUT2D eigenvalue weighted by atomic mass is 15.3. The standard InChI is InChI=1S/C9H16N2/c1-2-5-11(8-3-4-8)9-6-10-7-9/h2,8-10H,1,3-7H2. The highest BCUT2D eigenvalue weighted by molar-refractivity contribution is 4.96. The van der Waals surface area contributed by atoms with Crippen molar-refractivity contribution < 1.29 is 0 Å². The zero-order chi connectivity index (χ0) is 7.68. The van der Waals surface area contributed by atoms with Gasteiger partial charge >= 0.3 is 0 Å². The van der Waals surface area contributed by atoms with Crippen molar-refractivity contribution in [2.45, 2.75) is 24.9 Å². The van der Waals surface area contributed by atoms with E-state index in [1.807, 2.05) is 6.08 Å². The molecule has 1 aliphatic carbocycles. The van der Waals surface area contributed by atoms with Crippen LogP contribution in [0.25, 0.3) is 0 Å². The van der Waals surface area contributed by atoms with Gasteiger partial charge in [-0.25, -0.2) is 0 Å². The minimum Gasteiger partial charge on any atom is -0.314 e. The van der Waals surface area contributed by atoms with Crippen LogP contribution in [0.15, 0.2) is 12.7 Å². The van der Waals surface area contributed by atoms with Crippen LogP contribution in [-0.4, -0.2) is 36.6 Å². The van der Waals surface area contributed by atoms with Crippen LogP contribution in [0.5, 0.6) is 0 Å². The summed E-state index contributed by atoms with van der Waals surface area (Å²) in [6, 6.07) is 1.69. The predicted octanol–water partition coefficient (Wildman–Crippen LogP) is 0.609. The van der Waals surface area contributed by atoms with Crippen molar-refractivity contribution in [3.63, 3.8) is 0 Å². The lowest BCUT2D eigenvalue weighted by atomic mass is 10.1. The molecule has 2 fully saturated rings. The monoisotopic (exact) mass is 152 g/mol. The molecule has 62 valence electrons. The van der Waals surface area contributed by atoms with E-state index in [0.29, 0.717) is 0 Å². The molecular weight excluding hydrogens is 136 g/mol. The molecule has 0 unspecified atom stereocenters. The molecule has 0 aromatic heterocycles. The van der Waals surface area contributed by atoms with Crippen LogP contribution >= 0.6 is 0 Å². The van der Waals surface area contributed by atoms with Crippen molar-refractivity contribution in [1.29, 1.82) is 0 Å². The molecule has 0 aromatic rings. The van der Waals surface area contributed by atoms with Crippen LogP contribution in [0.4, 0.5) is 0 Å². The first kappa shape index (κ1) is 7.32. The smallest absolute Gasteiger partial charge is 0.0351 e. The fourth-order valence-corrected chi connectivity index (χ4v) is 1.66. The topological polar surface area (TPSA) is 15.3 Å². The molecule has 0 spiro atoms. The van der Waals surface area contributed by atoms with Gasteiger partial charge in [-0.15, -0.1) is 6.58 Å². The Hall–Kier alpha value is -0.340. The highest BCUT2D eigenvalue weighted by Crippen LogP contribution is 2.29. The minimum absolute atomic E-state index is 0.806. The number of rotatable bonds is 4. The van der Waals surface area contributed by atoms with Gasteiger partial charge in [0.05, 0.1) is 0 Å². The first-order valence-corrected chi connectivity index (χ1v) is 4.49. The van der Waals surface area contributed by atoms with E-state index >= 15 is 0 Å². The van der Waals surface area contributed by atoms with Crippen LogP contribution in [0.1, 0.15) is 12.8 Å². The second-order valence-corrected chi connectivity index (χ2v) is 3.53. The van der Waals surface area contributed by atoms with Gasteiger partial charge in [0.2, 0.25) is 0 Å². The molecule has 11 heavy (non-hydrogen) atoms. The molecule has 2 rings (SSSR count). The molecular formula is C9H16N2. The predicted molar refractivity (Wildman–Crippen MR) is 46.6 cm³/mol. The molecule has 0 amide bonds. The molecule has 1 saturated heterocycles. The summed E-state index contributed by atoms with van der Waals surface area (Å²) in [5.41, 5.74) is 0. The van der Waals surface area contributed by atoms with Gasteiger partial charge in [-0.05, 0) is 12.8 Å².